The van der Waals surface area contributed by atoms with Crippen molar-refractivity contribution in [1.29, 1.82) is 0 Å². The standard InChI is InChI=1S/C19H22ClN3/c20-16-9-10-19(21-11-16)23-14-17-7-4-8-18(23)13-22(17)12-15-5-2-1-3-6-15/h1-3,5-6,9-11,17-18H,4,7-8,12-14H2. The lowest BCUT2D eigenvalue weighted by Gasteiger charge is -2.44. The highest BCUT2D eigenvalue weighted by Gasteiger charge is 2.36. The molecule has 4 heterocycles. The normalized spacial score (nSPS) is 24.7. The van der Waals surface area contributed by atoms with E-state index in [9.17, 15) is 0 Å². The number of pyridine rings is 1. The average molecular weight is 328 g/mol. The maximum absolute atomic E-state index is 5.99. The maximum atomic E-state index is 5.99. The molecule has 0 saturated carbocycles. The van der Waals surface area contributed by atoms with Gasteiger partial charge >= 0.3 is 0 Å². The van der Waals surface area contributed by atoms with E-state index in [4.69, 9.17) is 11.6 Å². The zero-order valence-corrected chi connectivity index (χ0v) is 14.0. The Bertz CT molecular complexity index is 643. The molecule has 2 aromatic rings. The largest absolute Gasteiger partial charge is 0.351 e. The number of aromatic nitrogens is 1. The molecule has 3 aliphatic heterocycles. The second kappa shape index (κ2) is 6.50. The Morgan fingerprint density at radius 1 is 1.00 bits per heavy atom. The van der Waals surface area contributed by atoms with Gasteiger partial charge in [0.1, 0.15) is 5.82 Å². The number of piperazine rings is 1. The first-order valence-corrected chi connectivity index (χ1v) is 8.83. The van der Waals surface area contributed by atoms with Crippen LogP contribution in [0.25, 0.3) is 0 Å². The van der Waals surface area contributed by atoms with E-state index in [0.29, 0.717) is 17.1 Å². The van der Waals surface area contributed by atoms with Gasteiger partial charge in [0.2, 0.25) is 0 Å². The van der Waals surface area contributed by atoms with Crippen molar-refractivity contribution in [2.45, 2.75) is 37.9 Å². The van der Waals surface area contributed by atoms with Crippen LogP contribution in [0, 0.1) is 0 Å². The third-order valence-corrected chi connectivity index (χ3v) is 5.34. The quantitative estimate of drug-likeness (QED) is 0.850. The van der Waals surface area contributed by atoms with Gasteiger partial charge in [0.05, 0.1) is 5.02 Å². The van der Waals surface area contributed by atoms with E-state index >= 15 is 0 Å². The molecular weight excluding hydrogens is 306 g/mol. The summed E-state index contributed by atoms with van der Waals surface area (Å²) in [5.41, 5.74) is 1.41. The summed E-state index contributed by atoms with van der Waals surface area (Å²) in [7, 11) is 0. The molecule has 0 spiro atoms. The van der Waals surface area contributed by atoms with Gasteiger partial charge in [-0.15, -0.1) is 0 Å². The van der Waals surface area contributed by atoms with Crippen LogP contribution in [-0.2, 0) is 6.54 Å². The van der Waals surface area contributed by atoms with Crippen LogP contribution >= 0.6 is 11.6 Å². The van der Waals surface area contributed by atoms with Crippen molar-refractivity contribution in [2.75, 3.05) is 18.0 Å². The van der Waals surface area contributed by atoms with E-state index in [2.05, 4.69) is 51.2 Å². The third-order valence-electron chi connectivity index (χ3n) is 5.12. The summed E-state index contributed by atoms with van der Waals surface area (Å²) < 4.78 is 0. The number of benzene rings is 1. The Morgan fingerprint density at radius 3 is 2.61 bits per heavy atom. The van der Waals surface area contributed by atoms with E-state index in [1.54, 1.807) is 6.20 Å². The van der Waals surface area contributed by atoms with Crippen LogP contribution in [0.2, 0.25) is 5.02 Å². The Hall–Kier alpha value is -1.58. The van der Waals surface area contributed by atoms with E-state index in [0.717, 1.165) is 25.5 Å². The predicted octanol–water partition coefficient (Wildman–Crippen LogP) is 3.98. The first-order chi connectivity index (χ1) is 11.3. The zero-order valence-electron chi connectivity index (χ0n) is 13.2. The summed E-state index contributed by atoms with van der Waals surface area (Å²) in [5.74, 6) is 1.07. The number of anilines is 1. The number of halogens is 1. The Kier molecular flexibility index (Phi) is 4.23. The molecule has 1 aromatic carbocycles. The van der Waals surface area contributed by atoms with Crippen molar-refractivity contribution in [3.05, 3.63) is 59.2 Å². The molecule has 120 valence electrons. The second-order valence-corrected chi connectivity index (χ2v) is 7.08. The Balaban J connectivity index is 1.53. The van der Waals surface area contributed by atoms with Gasteiger partial charge < -0.3 is 4.90 Å². The smallest absolute Gasteiger partial charge is 0.128 e. The molecule has 3 aliphatic rings. The molecule has 1 aromatic heterocycles. The molecule has 3 nitrogen and oxygen atoms in total. The van der Waals surface area contributed by atoms with Crippen molar-refractivity contribution in [1.82, 2.24) is 9.88 Å². The highest BCUT2D eigenvalue weighted by Crippen LogP contribution is 2.31. The molecular formula is C19H22ClN3. The van der Waals surface area contributed by atoms with Crippen LogP contribution in [0.4, 0.5) is 5.82 Å². The lowest BCUT2D eigenvalue weighted by Crippen LogP contribution is -2.56. The number of fused-ring (bicyclic) bond motifs is 4. The summed E-state index contributed by atoms with van der Waals surface area (Å²) in [6.07, 6.45) is 5.61. The van der Waals surface area contributed by atoms with Gasteiger partial charge in [0, 0.05) is 37.9 Å². The monoisotopic (exact) mass is 327 g/mol. The molecule has 3 saturated heterocycles. The average Bonchev–Trinajstić information content (AvgIpc) is 2.90. The van der Waals surface area contributed by atoms with Gasteiger partial charge in [-0.25, -0.2) is 4.98 Å². The number of nitrogens with zero attached hydrogens (tertiary/aromatic N) is 3. The van der Waals surface area contributed by atoms with Crippen LogP contribution < -0.4 is 4.90 Å². The Labute approximate surface area is 142 Å². The molecule has 2 unspecified atom stereocenters. The van der Waals surface area contributed by atoms with Gasteiger partial charge in [-0.3, -0.25) is 4.90 Å². The zero-order chi connectivity index (χ0) is 15.6. The lowest BCUT2D eigenvalue weighted by molar-refractivity contribution is 0.154. The molecule has 23 heavy (non-hydrogen) atoms. The van der Waals surface area contributed by atoms with E-state index in [1.165, 1.54) is 24.8 Å². The van der Waals surface area contributed by atoms with E-state index in [-0.39, 0.29) is 0 Å². The number of hydrogen-bond acceptors (Lipinski definition) is 3. The van der Waals surface area contributed by atoms with Crippen molar-refractivity contribution in [3.63, 3.8) is 0 Å². The van der Waals surface area contributed by atoms with Crippen molar-refractivity contribution >= 4 is 17.4 Å². The van der Waals surface area contributed by atoms with Crippen LogP contribution in [0.1, 0.15) is 24.8 Å². The van der Waals surface area contributed by atoms with Crippen LogP contribution in [-0.4, -0.2) is 35.1 Å². The highest BCUT2D eigenvalue weighted by molar-refractivity contribution is 6.30. The maximum Gasteiger partial charge on any atom is 0.128 e. The first-order valence-electron chi connectivity index (χ1n) is 8.46. The summed E-state index contributed by atoms with van der Waals surface area (Å²) in [6.45, 7) is 3.26. The molecule has 3 fully saturated rings. The summed E-state index contributed by atoms with van der Waals surface area (Å²) in [5, 5.41) is 0.708. The molecule has 4 heteroatoms. The number of rotatable bonds is 3. The van der Waals surface area contributed by atoms with Crippen molar-refractivity contribution in [2.24, 2.45) is 0 Å². The van der Waals surface area contributed by atoms with Crippen LogP contribution in [0.15, 0.2) is 48.7 Å². The van der Waals surface area contributed by atoms with Crippen LogP contribution in [0.5, 0.6) is 0 Å². The SMILES string of the molecule is Clc1ccc(N2CC3CCCC2CN3Cc2ccccc2)nc1. The number of hydrogen-bond donors (Lipinski definition) is 0. The third kappa shape index (κ3) is 3.22. The van der Waals surface area contributed by atoms with Gasteiger partial charge in [-0.1, -0.05) is 41.9 Å². The predicted molar refractivity (Wildman–Crippen MR) is 94.9 cm³/mol. The molecule has 0 radical (unpaired) electrons. The van der Waals surface area contributed by atoms with Gasteiger partial charge in [0.25, 0.3) is 0 Å². The van der Waals surface area contributed by atoms with E-state index < -0.39 is 0 Å². The fourth-order valence-electron chi connectivity index (χ4n) is 3.95. The van der Waals surface area contributed by atoms with Gasteiger partial charge in [-0.05, 0) is 37.0 Å². The van der Waals surface area contributed by atoms with Crippen LogP contribution in [0.3, 0.4) is 0 Å². The molecule has 0 N–H and O–H groups in total. The summed E-state index contributed by atoms with van der Waals surface area (Å²) in [6, 6.07) is 16.0. The minimum atomic E-state index is 0.561. The minimum absolute atomic E-state index is 0.561. The Morgan fingerprint density at radius 2 is 1.83 bits per heavy atom. The highest BCUT2D eigenvalue weighted by atomic mass is 35.5. The van der Waals surface area contributed by atoms with E-state index in [1.807, 2.05) is 6.07 Å². The topological polar surface area (TPSA) is 19.4 Å². The summed E-state index contributed by atoms with van der Waals surface area (Å²) in [4.78, 5) is 9.71. The van der Waals surface area contributed by atoms with Gasteiger partial charge in [0.15, 0.2) is 0 Å². The molecule has 0 aliphatic carbocycles. The van der Waals surface area contributed by atoms with Gasteiger partial charge in [-0.2, -0.15) is 0 Å². The molecule has 0 amide bonds. The second-order valence-electron chi connectivity index (χ2n) is 6.64. The van der Waals surface area contributed by atoms with Crippen molar-refractivity contribution < 1.29 is 0 Å². The molecule has 2 bridgehead atoms. The fourth-order valence-corrected chi connectivity index (χ4v) is 4.06. The first kappa shape index (κ1) is 15.0. The minimum Gasteiger partial charge on any atom is -0.351 e. The lowest BCUT2D eigenvalue weighted by atomic mass is 10.1. The van der Waals surface area contributed by atoms with Crippen molar-refractivity contribution in [3.8, 4) is 0 Å². The summed E-state index contributed by atoms with van der Waals surface area (Å²) >= 11 is 5.99. The molecule has 2 atom stereocenters. The fraction of sp³-hybridized carbons (Fsp3) is 0.421. The molecule has 5 rings (SSSR count).